The first kappa shape index (κ1) is 9.51. The quantitative estimate of drug-likeness (QED) is 0.696. The van der Waals surface area contributed by atoms with Crippen molar-refractivity contribution >= 4 is 0 Å². The molecule has 0 radical (unpaired) electrons. The van der Waals surface area contributed by atoms with Crippen molar-refractivity contribution in [3.05, 3.63) is 0 Å². The highest BCUT2D eigenvalue weighted by Crippen LogP contribution is 2.63. The van der Waals surface area contributed by atoms with Gasteiger partial charge in [0.25, 0.3) is 0 Å². The van der Waals surface area contributed by atoms with Gasteiger partial charge in [0, 0.05) is 0 Å². The van der Waals surface area contributed by atoms with Gasteiger partial charge in [-0.25, -0.2) is 0 Å². The van der Waals surface area contributed by atoms with Crippen LogP contribution >= 0.6 is 0 Å². The number of fused-ring (bicyclic) bond motifs is 2. The molecule has 0 spiro atoms. The fourth-order valence-electron chi connectivity index (χ4n) is 3.66. The van der Waals surface area contributed by atoms with E-state index in [0.29, 0.717) is 16.7 Å². The summed E-state index contributed by atoms with van der Waals surface area (Å²) in [5.41, 5.74) is 0.888. The smallest absolute Gasteiger partial charge is 0.0619 e. The normalized spacial score (nSPS) is 45.9. The summed E-state index contributed by atoms with van der Waals surface area (Å²) < 4.78 is 0. The minimum absolute atomic E-state index is 0.0585. The molecule has 0 saturated heterocycles. The maximum Gasteiger partial charge on any atom is 0.0619 e. The molecule has 2 aliphatic carbocycles. The van der Waals surface area contributed by atoms with E-state index in [-0.39, 0.29) is 6.10 Å². The first-order valence-electron chi connectivity index (χ1n) is 5.66. The lowest BCUT2D eigenvalue weighted by molar-refractivity contribution is -0.00334. The van der Waals surface area contributed by atoms with Gasteiger partial charge in [0.15, 0.2) is 0 Å². The van der Waals surface area contributed by atoms with Crippen LogP contribution in [0.2, 0.25) is 0 Å². The molecular weight excluding hydrogens is 160 g/mol. The summed E-state index contributed by atoms with van der Waals surface area (Å²) in [6.07, 6.45) is 6.44. The topological polar surface area (TPSA) is 20.2 Å². The van der Waals surface area contributed by atoms with Gasteiger partial charge in [-0.15, -0.1) is 0 Å². The Morgan fingerprint density at radius 3 is 1.92 bits per heavy atom. The van der Waals surface area contributed by atoms with Crippen LogP contribution in [-0.2, 0) is 0 Å². The number of hydrogen-bond donors (Lipinski definition) is 1. The highest BCUT2D eigenvalue weighted by atomic mass is 16.3. The van der Waals surface area contributed by atoms with Crippen LogP contribution in [-0.4, -0.2) is 11.2 Å². The minimum Gasteiger partial charge on any atom is -0.392 e. The molecule has 0 amide bonds. The summed E-state index contributed by atoms with van der Waals surface area (Å²) in [6, 6.07) is 0. The van der Waals surface area contributed by atoms with E-state index in [1.165, 1.54) is 32.1 Å². The van der Waals surface area contributed by atoms with Crippen molar-refractivity contribution in [3.8, 4) is 0 Å². The zero-order valence-electron chi connectivity index (χ0n) is 9.14. The Hall–Kier alpha value is -0.0400. The Kier molecular flexibility index (Phi) is 1.99. The summed E-state index contributed by atoms with van der Waals surface area (Å²) in [4.78, 5) is 0. The number of aliphatic hydroxyl groups excluding tert-OH is 1. The van der Waals surface area contributed by atoms with Crippen molar-refractivity contribution in [2.75, 3.05) is 0 Å². The molecule has 0 aromatic carbocycles. The van der Waals surface area contributed by atoms with Crippen molar-refractivity contribution in [1.82, 2.24) is 0 Å². The van der Waals surface area contributed by atoms with Gasteiger partial charge in [-0.2, -0.15) is 0 Å². The second-order valence-corrected chi connectivity index (χ2v) is 6.04. The third-order valence-electron chi connectivity index (χ3n) is 4.49. The molecule has 13 heavy (non-hydrogen) atoms. The second kappa shape index (κ2) is 2.73. The molecule has 0 aliphatic heterocycles. The predicted octanol–water partition coefficient (Wildman–Crippen LogP) is 2.97. The largest absolute Gasteiger partial charge is 0.392 e. The molecular formula is C12H22O. The van der Waals surface area contributed by atoms with E-state index in [9.17, 15) is 5.11 Å². The monoisotopic (exact) mass is 182 g/mol. The summed E-state index contributed by atoms with van der Waals surface area (Å²) in [7, 11) is 0. The van der Waals surface area contributed by atoms with Crippen molar-refractivity contribution < 1.29 is 5.11 Å². The van der Waals surface area contributed by atoms with Crippen molar-refractivity contribution in [3.63, 3.8) is 0 Å². The molecule has 0 aromatic rings. The van der Waals surface area contributed by atoms with Crippen LogP contribution < -0.4 is 0 Å². The van der Waals surface area contributed by atoms with Crippen molar-refractivity contribution in [2.45, 2.75) is 59.0 Å². The van der Waals surface area contributed by atoms with E-state index in [0.717, 1.165) is 0 Å². The van der Waals surface area contributed by atoms with Crippen LogP contribution in [0.1, 0.15) is 52.9 Å². The van der Waals surface area contributed by atoms with Gasteiger partial charge in [-0.05, 0) is 48.9 Å². The molecule has 0 aromatic heterocycles. The minimum atomic E-state index is -0.0585. The Balaban J connectivity index is 2.15. The molecule has 2 bridgehead atoms. The highest BCUT2D eigenvalue weighted by Gasteiger charge is 2.55. The average molecular weight is 182 g/mol. The number of aliphatic hydroxyl groups is 1. The molecule has 2 saturated carbocycles. The van der Waals surface area contributed by atoms with Crippen LogP contribution in [0.4, 0.5) is 0 Å². The fraction of sp³-hybridized carbons (Fsp3) is 1.00. The lowest BCUT2D eigenvalue weighted by Gasteiger charge is -2.34. The van der Waals surface area contributed by atoms with E-state index >= 15 is 0 Å². The van der Waals surface area contributed by atoms with Gasteiger partial charge in [-0.3, -0.25) is 0 Å². The maximum absolute atomic E-state index is 10.2. The summed E-state index contributed by atoms with van der Waals surface area (Å²) >= 11 is 0. The van der Waals surface area contributed by atoms with Crippen LogP contribution in [0.5, 0.6) is 0 Å². The molecule has 1 atom stereocenters. The summed E-state index contributed by atoms with van der Waals surface area (Å²) in [5, 5.41) is 10.2. The zero-order chi connectivity index (χ0) is 9.69. The Labute approximate surface area is 81.5 Å². The third-order valence-corrected chi connectivity index (χ3v) is 4.49. The van der Waals surface area contributed by atoms with E-state index in [2.05, 4.69) is 20.8 Å². The highest BCUT2D eigenvalue weighted by molar-refractivity contribution is 5.05. The van der Waals surface area contributed by atoms with Crippen LogP contribution in [0.3, 0.4) is 0 Å². The van der Waals surface area contributed by atoms with E-state index in [4.69, 9.17) is 0 Å². The third kappa shape index (κ3) is 1.32. The Bertz CT molecular complexity index is 199. The molecule has 2 fully saturated rings. The summed E-state index contributed by atoms with van der Waals surface area (Å²) in [5.74, 6) is 0.431. The lowest BCUT2D eigenvalue weighted by atomic mass is 9.75. The molecule has 76 valence electrons. The number of hydrogen-bond acceptors (Lipinski definition) is 1. The SMILES string of the molecule is CC(C)C(O)C12CCC(C)(CC1)C2. The van der Waals surface area contributed by atoms with Gasteiger partial charge >= 0.3 is 0 Å². The Morgan fingerprint density at radius 1 is 1.08 bits per heavy atom. The molecule has 1 N–H and O–H groups in total. The molecule has 2 aliphatic rings. The van der Waals surface area contributed by atoms with Crippen LogP contribution in [0, 0.1) is 16.7 Å². The molecule has 0 heterocycles. The van der Waals surface area contributed by atoms with Gasteiger partial charge < -0.3 is 5.11 Å². The van der Waals surface area contributed by atoms with Gasteiger partial charge in [0.1, 0.15) is 0 Å². The average Bonchev–Trinajstić information content (AvgIpc) is 2.57. The molecule has 1 heteroatoms. The van der Waals surface area contributed by atoms with E-state index in [1.54, 1.807) is 0 Å². The predicted molar refractivity (Wildman–Crippen MR) is 54.5 cm³/mol. The van der Waals surface area contributed by atoms with Crippen LogP contribution in [0.25, 0.3) is 0 Å². The van der Waals surface area contributed by atoms with E-state index in [1.807, 2.05) is 0 Å². The molecule has 1 nitrogen and oxygen atoms in total. The zero-order valence-corrected chi connectivity index (χ0v) is 9.14. The Morgan fingerprint density at radius 2 is 1.62 bits per heavy atom. The molecule has 1 unspecified atom stereocenters. The number of rotatable bonds is 2. The summed E-state index contributed by atoms with van der Waals surface area (Å²) in [6.45, 7) is 6.69. The van der Waals surface area contributed by atoms with E-state index < -0.39 is 0 Å². The first-order chi connectivity index (χ1) is 5.98. The van der Waals surface area contributed by atoms with Gasteiger partial charge in [0.2, 0.25) is 0 Å². The first-order valence-corrected chi connectivity index (χ1v) is 5.66. The van der Waals surface area contributed by atoms with Gasteiger partial charge in [0.05, 0.1) is 6.10 Å². The fourth-order valence-corrected chi connectivity index (χ4v) is 3.66. The molecule has 2 rings (SSSR count). The van der Waals surface area contributed by atoms with Gasteiger partial charge in [-0.1, -0.05) is 20.8 Å². The lowest BCUT2D eigenvalue weighted by Crippen LogP contribution is -2.35. The van der Waals surface area contributed by atoms with Crippen molar-refractivity contribution in [2.24, 2.45) is 16.7 Å². The standard InChI is InChI=1S/C12H22O/c1-9(2)10(13)12-6-4-11(3,8-12)5-7-12/h9-10,13H,4-8H2,1-3H3. The second-order valence-electron chi connectivity index (χ2n) is 6.04. The maximum atomic E-state index is 10.2. The van der Waals surface area contributed by atoms with Crippen molar-refractivity contribution in [1.29, 1.82) is 0 Å². The van der Waals surface area contributed by atoms with Crippen LogP contribution in [0.15, 0.2) is 0 Å².